The Balaban J connectivity index is 2.16. The molecular formula is C33H32FNO4. The van der Waals surface area contributed by atoms with Crippen LogP contribution >= 0.6 is 0 Å². The van der Waals surface area contributed by atoms with E-state index in [4.69, 9.17) is 0 Å². The molecule has 0 fully saturated rings. The predicted octanol–water partition coefficient (Wildman–Crippen LogP) is 6.15. The number of pyridine rings is 1. The van der Waals surface area contributed by atoms with E-state index >= 15 is 0 Å². The summed E-state index contributed by atoms with van der Waals surface area (Å²) in [6, 6.07) is 27.9. The normalized spacial score (nSPS) is 16.1. The van der Waals surface area contributed by atoms with Crippen molar-refractivity contribution in [2.45, 2.75) is 31.0 Å². The van der Waals surface area contributed by atoms with Gasteiger partial charge in [-0.15, -0.1) is 0 Å². The van der Waals surface area contributed by atoms with E-state index < -0.39 is 40.7 Å². The van der Waals surface area contributed by atoms with Crippen LogP contribution in [-0.4, -0.2) is 26.3 Å². The van der Waals surface area contributed by atoms with E-state index in [9.17, 15) is 24.5 Å². The molecule has 1 heterocycles. The standard InChI is InChI=1S/C33H32FNO4/c1-22(2)29(31(36)37)33(39,28-16-10-11-21-35-28)30(25-17-19-27(34)20-18-25)32(38,26-14-8-5-9-15-26)23(3)24-12-6-4-7-13-24/h4-22,29-30,38-39H,3H2,1-2H3,(H,36,37). The Bertz CT molecular complexity index is 1410. The van der Waals surface area contributed by atoms with E-state index in [0.29, 0.717) is 16.7 Å². The number of rotatable bonds is 10. The van der Waals surface area contributed by atoms with Crippen molar-refractivity contribution in [2.75, 3.05) is 0 Å². The highest BCUT2D eigenvalue weighted by Crippen LogP contribution is 2.57. The first-order chi connectivity index (χ1) is 18.6. The van der Waals surface area contributed by atoms with Crippen LogP contribution in [0.25, 0.3) is 5.57 Å². The minimum atomic E-state index is -2.28. The van der Waals surface area contributed by atoms with Crippen LogP contribution < -0.4 is 0 Å². The molecule has 5 nitrogen and oxygen atoms in total. The summed E-state index contributed by atoms with van der Waals surface area (Å²) >= 11 is 0. The molecule has 0 aliphatic carbocycles. The molecule has 39 heavy (non-hydrogen) atoms. The lowest BCUT2D eigenvalue weighted by atomic mass is 9.58. The van der Waals surface area contributed by atoms with E-state index in [1.807, 2.05) is 6.07 Å². The zero-order chi connectivity index (χ0) is 28.2. The minimum Gasteiger partial charge on any atom is -0.481 e. The van der Waals surface area contributed by atoms with Crippen molar-refractivity contribution in [1.29, 1.82) is 0 Å². The van der Waals surface area contributed by atoms with Crippen molar-refractivity contribution < 1.29 is 24.5 Å². The maximum Gasteiger partial charge on any atom is 0.310 e. The molecule has 3 aromatic carbocycles. The first-order valence-electron chi connectivity index (χ1n) is 12.8. The average Bonchev–Trinajstić information content (AvgIpc) is 2.94. The van der Waals surface area contributed by atoms with Crippen LogP contribution in [0.1, 0.15) is 42.1 Å². The van der Waals surface area contributed by atoms with Crippen LogP contribution in [0.4, 0.5) is 4.39 Å². The lowest BCUT2D eigenvalue weighted by molar-refractivity contribution is -0.168. The molecule has 0 spiro atoms. The van der Waals surface area contributed by atoms with Gasteiger partial charge in [-0.05, 0) is 52.4 Å². The highest BCUT2D eigenvalue weighted by Gasteiger charge is 2.60. The zero-order valence-electron chi connectivity index (χ0n) is 21.9. The second-order valence-electron chi connectivity index (χ2n) is 10.1. The van der Waals surface area contributed by atoms with Crippen LogP contribution in [0, 0.1) is 17.7 Å². The Kier molecular flexibility index (Phi) is 8.09. The molecule has 3 N–H and O–H groups in total. The predicted molar refractivity (Wildman–Crippen MR) is 149 cm³/mol. The number of aliphatic hydroxyl groups is 2. The number of halogens is 1. The van der Waals surface area contributed by atoms with Crippen molar-refractivity contribution in [1.82, 2.24) is 4.98 Å². The fourth-order valence-electron chi connectivity index (χ4n) is 5.60. The molecule has 0 aliphatic rings. The van der Waals surface area contributed by atoms with E-state index in [2.05, 4.69) is 11.6 Å². The third kappa shape index (κ3) is 5.13. The monoisotopic (exact) mass is 525 g/mol. The van der Waals surface area contributed by atoms with Crippen molar-refractivity contribution in [3.63, 3.8) is 0 Å². The van der Waals surface area contributed by atoms with Crippen LogP contribution in [0.2, 0.25) is 0 Å². The van der Waals surface area contributed by atoms with Gasteiger partial charge < -0.3 is 15.3 Å². The Morgan fingerprint density at radius 3 is 1.92 bits per heavy atom. The van der Waals surface area contributed by atoms with Gasteiger partial charge >= 0.3 is 5.97 Å². The van der Waals surface area contributed by atoms with Crippen LogP contribution in [0.15, 0.2) is 116 Å². The third-order valence-electron chi connectivity index (χ3n) is 7.34. The number of nitrogens with zero attached hydrogens (tertiary/aromatic N) is 1. The summed E-state index contributed by atoms with van der Waals surface area (Å²) in [5.41, 5.74) is -2.73. The van der Waals surface area contributed by atoms with Gasteiger partial charge in [-0.2, -0.15) is 0 Å². The average molecular weight is 526 g/mol. The Morgan fingerprint density at radius 1 is 0.846 bits per heavy atom. The first-order valence-corrected chi connectivity index (χ1v) is 12.8. The molecule has 4 unspecified atom stereocenters. The van der Waals surface area contributed by atoms with E-state index in [1.165, 1.54) is 30.5 Å². The van der Waals surface area contributed by atoms with E-state index in [1.54, 1.807) is 86.6 Å². The minimum absolute atomic E-state index is 0.0654. The van der Waals surface area contributed by atoms with E-state index in [-0.39, 0.29) is 11.3 Å². The van der Waals surface area contributed by atoms with Crippen molar-refractivity contribution in [3.05, 3.63) is 144 Å². The van der Waals surface area contributed by atoms with Gasteiger partial charge in [-0.25, -0.2) is 4.39 Å². The number of benzene rings is 3. The van der Waals surface area contributed by atoms with Crippen LogP contribution in [0.3, 0.4) is 0 Å². The van der Waals surface area contributed by atoms with Gasteiger partial charge in [0.15, 0.2) is 0 Å². The molecule has 4 aromatic rings. The molecule has 200 valence electrons. The number of aliphatic carboxylic acids is 1. The van der Waals surface area contributed by atoms with Gasteiger partial charge in [0, 0.05) is 6.20 Å². The molecule has 0 saturated carbocycles. The molecule has 0 amide bonds. The molecule has 0 saturated heterocycles. The zero-order valence-corrected chi connectivity index (χ0v) is 21.9. The summed E-state index contributed by atoms with van der Waals surface area (Å²) in [6.45, 7) is 7.68. The van der Waals surface area contributed by atoms with Crippen LogP contribution in [0.5, 0.6) is 0 Å². The van der Waals surface area contributed by atoms with Gasteiger partial charge in [-0.1, -0.05) is 99.3 Å². The maximum atomic E-state index is 14.2. The van der Waals surface area contributed by atoms with E-state index in [0.717, 1.165) is 0 Å². The number of aromatic nitrogens is 1. The fourth-order valence-corrected chi connectivity index (χ4v) is 5.60. The molecule has 0 bridgehead atoms. The molecule has 1 aromatic heterocycles. The molecule has 6 heteroatoms. The molecule has 4 atom stereocenters. The van der Waals surface area contributed by atoms with Gasteiger partial charge in [-0.3, -0.25) is 9.78 Å². The molecule has 0 aliphatic heterocycles. The van der Waals surface area contributed by atoms with Crippen molar-refractivity contribution in [2.24, 2.45) is 11.8 Å². The molecule has 4 rings (SSSR count). The summed E-state index contributed by atoms with van der Waals surface area (Å²) in [4.78, 5) is 17.3. The summed E-state index contributed by atoms with van der Waals surface area (Å²) in [5.74, 6) is -5.14. The summed E-state index contributed by atoms with van der Waals surface area (Å²) < 4.78 is 14.2. The first kappa shape index (κ1) is 27.9. The quantitative estimate of drug-likeness (QED) is 0.231. The van der Waals surface area contributed by atoms with Gasteiger partial charge in [0.05, 0.1) is 17.5 Å². The Hall–Kier alpha value is -4.13. The fraction of sp³-hybridized carbons (Fsp3) is 0.212. The number of carboxylic acids is 1. The number of hydrogen-bond acceptors (Lipinski definition) is 4. The maximum absolute atomic E-state index is 14.2. The van der Waals surface area contributed by atoms with Crippen molar-refractivity contribution >= 4 is 11.5 Å². The second kappa shape index (κ2) is 11.3. The Morgan fingerprint density at radius 2 is 1.41 bits per heavy atom. The topological polar surface area (TPSA) is 90.7 Å². The summed E-state index contributed by atoms with van der Waals surface area (Å²) in [5, 5.41) is 36.5. The highest BCUT2D eigenvalue weighted by atomic mass is 19.1. The number of carbonyl (C=O) groups is 1. The van der Waals surface area contributed by atoms with Crippen molar-refractivity contribution in [3.8, 4) is 0 Å². The van der Waals surface area contributed by atoms with Gasteiger partial charge in [0.1, 0.15) is 17.0 Å². The van der Waals surface area contributed by atoms with Gasteiger partial charge in [0.2, 0.25) is 0 Å². The largest absolute Gasteiger partial charge is 0.481 e. The lowest BCUT2D eigenvalue weighted by Gasteiger charge is -2.50. The van der Waals surface area contributed by atoms with Gasteiger partial charge in [0.25, 0.3) is 0 Å². The summed E-state index contributed by atoms with van der Waals surface area (Å²) in [6.07, 6.45) is 1.47. The second-order valence-corrected chi connectivity index (χ2v) is 10.1. The van der Waals surface area contributed by atoms with Crippen LogP contribution in [-0.2, 0) is 16.0 Å². The number of hydrogen-bond donors (Lipinski definition) is 3. The smallest absolute Gasteiger partial charge is 0.310 e. The molecular weight excluding hydrogens is 493 g/mol. The Labute approximate surface area is 227 Å². The summed E-state index contributed by atoms with van der Waals surface area (Å²) in [7, 11) is 0. The molecule has 0 radical (unpaired) electrons. The lowest BCUT2D eigenvalue weighted by Crippen LogP contribution is -2.54. The number of carboxylic acid groups (broad SMARTS) is 1. The third-order valence-corrected chi connectivity index (χ3v) is 7.34. The highest BCUT2D eigenvalue weighted by molar-refractivity contribution is 5.76. The SMILES string of the molecule is C=C(c1ccccc1)C(O)(c1ccccc1)C(c1ccc(F)cc1)C(O)(c1ccccn1)C(C(=O)O)C(C)C.